The molecule has 0 unspecified atom stereocenters. The average Bonchev–Trinajstić information content (AvgIpc) is 3.00. The van der Waals surface area contributed by atoms with Crippen molar-refractivity contribution in [1.82, 2.24) is 0 Å². The Morgan fingerprint density at radius 1 is 1.09 bits per heavy atom. The maximum atomic E-state index is 5.54. The van der Waals surface area contributed by atoms with Crippen LogP contribution in [-0.2, 0) is 4.74 Å². The van der Waals surface area contributed by atoms with E-state index in [0.29, 0.717) is 12.7 Å². The molecule has 23 heavy (non-hydrogen) atoms. The molecule has 4 heteroatoms. The molecule has 1 aromatic rings. The lowest BCUT2D eigenvalue weighted by atomic mass is 9.88. The summed E-state index contributed by atoms with van der Waals surface area (Å²) in [5.74, 6) is 3.13. The van der Waals surface area contributed by atoms with Crippen LogP contribution in [0, 0.1) is 5.92 Å². The molecule has 1 aromatic carbocycles. The maximum absolute atomic E-state index is 5.54. The van der Waals surface area contributed by atoms with Gasteiger partial charge in [0, 0.05) is 20.0 Å². The Morgan fingerprint density at radius 3 is 2.70 bits per heavy atom. The van der Waals surface area contributed by atoms with Gasteiger partial charge in [-0.2, -0.15) is 0 Å². The summed E-state index contributed by atoms with van der Waals surface area (Å²) in [5.41, 5.74) is 1.39. The Bertz CT molecular complexity index is 462. The van der Waals surface area contributed by atoms with Crippen LogP contribution in [0.25, 0.3) is 0 Å². The van der Waals surface area contributed by atoms with Crippen LogP contribution in [0.2, 0.25) is 0 Å². The molecule has 0 saturated carbocycles. The fraction of sp³-hybridized carbons (Fsp3) is 0.684. The molecule has 1 atom stereocenters. The molecular formula is C19H32NO3+. The molecule has 130 valence electrons. The summed E-state index contributed by atoms with van der Waals surface area (Å²) in [4.78, 5) is 0. The summed E-state index contributed by atoms with van der Waals surface area (Å²) in [5, 5.41) is 2.41. The van der Waals surface area contributed by atoms with Crippen LogP contribution >= 0.6 is 0 Å². The predicted octanol–water partition coefficient (Wildman–Crippen LogP) is 2.93. The fourth-order valence-corrected chi connectivity index (χ4v) is 3.01. The normalized spacial score (nSPS) is 14.4. The summed E-state index contributed by atoms with van der Waals surface area (Å²) >= 11 is 0. The van der Waals surface area contributed by atoms with Crippen molar-refractivity contribution in [2.24, 2.45) is 5.92 Å². The minimum Gasteiger partial charge on any atom is -0.454 e. The molecule has 0 saturated heterocycles. The summed E-state index contributed by atoms with van der Waals surface area (Å²) in [6, 6.07) is 6.45. The molecule has 2 N–H and O–H groups in total. The van der Waals surface area contributed by atoms with Gasteiger partial charge in [0.15, 0.2) is 11.5 Å². The van der Waals surface area contributed by atoms with Crippen molar-refractivity contribution in [1.29, 1.82) is 0 Å². The van der Waals surface area contributed by atoms with E-state index in [2.05, 4.69) is 37.4 Å². The zero-order chi connectivity index (χ0) is 16.5. The third kappa shape index (κ3) is 6.04. The number of benzene rings is 1. The van der Waals surface area contributed by atoms with E-state index in [-0.39, 0.29) is 0 Å². The molecule has 0 bridgehead atoms. The van der Waals surface area contributed by atoms with Crippen molar-refractivity contribution < 1.29 is 19.5 Å². The molecule has 1 heterocycles. The number of hydrogen-bond acceptors (Lipinski definition) is 3. The average molecular weight is 322 g/mol. The third-order valence-corrected chi connectivity index (χ3v) is 4.44. The second-order valence-electron chi connectivity index (χ2n) is 6.78. The van der Waals surface area contributed by atoms with Crippen LogP contribution in [0.15, 0.2) is 18.2 Å². The highest BCUT2D eigenvalue weighted by atomic mass is 16.7. The van der Waals surface area contributed by atoms with Gasteiger partial charge in [0.1, 0.15) is 0 Å². The van der Waals surface area contributed by atoms with E-state index >= 15 is 0 Å². The Morgan fingerprint density at radius 2 is 1.91 bits per heavy atom. The van der Waals surface area contributed by atoms with E-state index in [1.165, 1.54) is 31.4 Å². The van der Waals surface area contributed by atoms with Gasteiger partial charge in [-0.3, -0.25) is 0 Å². The lowest BCUT2D eigenvalue weighted by Gasteiger charge is -2.18. The molecule has 0 fully saturated rings. The van der Waals surface area contributed by atoms with Gasteiger partial charge in [0.2, 0.25) is 6.79 Å². The van der Waals surface area contributed by atoms with Crippen molar-refractivity contribution in [3.05, 3.63) is 23.8 Å². The molecular weight excluding hydrogens is 290 g/mol. The van der Waals surface area contributed by atoms with Crippen LogP contribution in [0.5, 0.6) is 11.5 Å². The van der Waals surface area contributed by atoms with Crippen LogP contribution in [0.4, 0.5) is 0 Å². The first-order valence-electron chi connectivity index (χ1n) is 8.91. The van der Waals surface area contributed by atoms with Crippen molar-refractivity contribution in [2.75, 3.05) is 33.6 Å². The zero-order valence-electron chi connectivity index (χ0n) is 14.8. The number of ether oxygens (including phenoxy) is 3. The molecule has 4 nitrogen and oxygen atoms in total. The van der Waals surface area contributed by atoms with Gasteiger partial charge >= 0.3 is 0 Å². The Balaban J connectivity index is 1.88. The molecule has 0 aromatic heterocycles. The Kier molecular flexibility index (Phi) is 7.69. The molecule has 2 rings (SSSR count). The zero-order valence-corrected chi connectivity index (χ0v) is 14.8. The first-order chi connectivity index (χ1) is 11.2. The van der Waals surface area contributed by atoms with Crippen LogP contribution in [0.1, 0.15) is 51.0 Å². The van der Waals surface area contributed by atoms with Crippen molar-refractivity contribution in [3.63, 3.8) is 0 Å². The smallest absolute Gasteiger partial charge is 0.231 e. The summed E-state index contributed by atoms with van der Waals surface area (Å²) in [7, 11) is 1.77. The lowest BCUT2D eigenvalue weighted by molar-refractivity contribution is -0.655. The number of fused-ring (bicyclic) bond motifs is 1. The second-order valence-corrected chi connectivity index (χ2v) is 6.78. The molecule has 0 spiro atoms. The van der Waals surface area contributed by atoms with Gasteiger partial charge < -0.3 is 19.5 Å². The monoisotopic (exact) mass is 322 g/mol. The molecule has 1 aliphatic heterocycles. The molecule has 0 aliphatic carbocycles. The molecule has 0 radical (unpaired) electrons. The van der Waals surface area contributed by atoms with Crippen LogP contribution in [-0.4, -0.2) is 33.6 Å². The minimum absolute atomic E-state index is 0.350. The number of rotatable bonds is 11. The van der Waals surface area contributed by atoms with Gasteiger partial charge in [-0.25, -0.2) is 0 Å². The Hall–Kier alpha value is -1.26. The first kappa shape index (κ1) is 18.1. The fourth-order valence-electron chi connectivity index (χ4n) is 3.01. The number of quaternary nitrogens is 1. The van der Waals surface area contributed by atoms with Gasteiger partial charge in [-0.1, -0.05) is 26.3 Å². The van der Waals surface area contributed by atoms with Gasteiger partial charge in [-0.05, 0) is 36.0 Å². The lowest BCUT2D eigenvalue weighted by Crippen LogP contribution is -2.84. The highest BCUT2D eigenvalue weighted by Crippen LogP contribution is 2.36. The standard InChI is InChI=1S/C19H31NO3/c1-15(2)5-6-16(9-11-20-10-4-12-21-3)17-7-8-18-19(13-17)23-14-22-18/h7-8,13,15-16,20H,4-6,9-12,14H2,1-3H3/p+1/t16-/m0/s1. The summed E-state index contributed by atoms with van der Waals surface area (Å²) in [6.45, 7) is 8.12. The van der Waals surface area contributed by atoms with Gasteiger partial charge in [0.25, 0.3) is 0 Å². The topological polar surface area (TPSA) is 44.3 Å². The van der Waals surface area contributed by atoms with Crippen molar-refractivity contribution >= 4 is 0 Å². The third-order valence-electron chi connectivity index (χ3n) is 4.44. The van der Waals surface area contributed by atoms with E-state index in [1.54, 1.807) is 7.11 Å². The SMILES string of the molecule is COCCC[NH2+]CC[C@H](CCC(C)C)c1ccc2c(c1)OCO2. The van der Waals surface area contributed by atoms with E-state index in [9.17, 15) is 0 Å². The Labute approximate surface area is 140 Å². The summed E-state index contributed by atoms with van der Waals surface area (Å²) < 4.78 is 16.1. The molecule has 1 aliphatic rings. The number of nitrogens with two attached hydrogens (primary N) is 1. The largest absolute Gasteiger partial charge is 0.454 e. The van der Waals surface area contributed by atoms with E-state index in [0.717, 1.165) is 37.0 Å². The van der Waals surface area contributed by atoms with Crippen molar-refractivity contribution in [3.8, 4) is 11.5 Å². The highest BCUT2D eigenvalue weighted by molar-refractivity contribution is 5.45. The van der Waals surface area contributed by atoms with E-state index in [1.807, 2.05) is 0 Å². The summed E-state index contributed by atoms with van der Waals surface area (Å²) in [6.07, 6.45) is 4.84. The predicted molar refractivity (Wildman–Crippen MR) is 92.1 cm³/mol. The molecule has 0 amide bonds. The quantitative estimate of drug-likeness (QED) is 0.637. The first-order valence-corrected chi connectivity index (χ1v) is 8.91. The van der Waals surface area contributed by atoms with Gasteiger partial charge in [-0.15, -0.1) is 0 Å². The van der Waals surface area contributed by atoms with E-state index in [4.69, 9.17) is 14.2 Å². The van der Waals surface area contributed by atoms with Crippen molar-refractivity contribution in [2.45, 2.75) is 45.4 Å². The van der Waals surface area contributed by atoms with Gasteiger partial charge in [0.05, 0.1) is 19.7 Å². The van der Waals surface area contributed by atoms with E-state index < -0.39 is 0 Å². The number of methoxy groups -OCH3 is 1. The van der Waals surface area contributed by atoms with Crippen LogP contribution < -0.4 is 14.8 Å². The highest BCUT2D eigenvalue weighted by Gasteiger charge is 2.18. The number of hydrogen-bond donors (Lipinski definition) is 1. The maximum Gasteiger partial charge on any atom is 0.231 e. The van der Waals surface area contributed by atoms with Crippen LogP contribution in [0.3, 0.4) is 0 Å². The minimum atomic E-state index is 0.350. The second kappa shape index (κ2) is 9.78.